The van der Waals surface area contributed by atoms with Crippen LogP contribution in [-0.4, -0.2) is 32.3 Å². The fourth-order valence-electron chi connectivity index (χ4n) is 2.01. The van der Waals surface area contributed by atoms with E-state index in [-0.39, 0.29) is 5.97 Å². The normalized spacial score (nSPS) is 10.9. The summed E-state index contributed by atoms with van der Waals surface area (Å²) in [6.45, 7) is 7.91. The second-order valence-corrected chi connectivity index (χ2v) is 5.27. The molecule has 0 N–H and O–H groups in total. The van der Waals surface area contributed by atoms with Gasteiger partial charge in [0.15, 0.2) is 0 Å². The van der Waals surface area contributed by atoms with Crippen LogP contribution in [0.15, 0.2) is 36.4 Å². The molecular formula is C19H24O5. The Kier molecular flexibility index (Phi) is 8.33. The highest BCUT2D eigenvalue weighted by Gasteiger charge is 2.05. The predicted octanol–water partition coefficient (Wildman–Crippen LogP) is 3.46. The zero-order valence-corrected chi connectivity index (χ0v) is 14.5. The minimum Gasteiger partial charge on any atom is -0.493 e. The molecule has 0 bridgehead atoms. The third-order valence-electron chi connectivity index (χ3n) is 3.30. The maximum atomic E-state index is 11.4. The van der Waals surface area contributed by atoms with Gasteiger partial charge in [0.05, 0.1) is 20.3 Å². The summed E-state index contributed by atoms with van der Waals surface area (Å²) in [5.74, 6) is 0.0498. The third-order valence-corrected chi connectivity index (χ3v) is 3.30. The van der Waals surface area contributed by atoms with E-state index in [0.717, 1.165) is 35.8 Å². The van der Waals surface area contributed by atoms with Crippen molar-refractivity contribution in [1.29, 1.82) is 0 Å². The standard InChI is InChI=1S/C19H24O5/c1-5-18(20)24-11-7-6-10-23-17-9-8-16(12-14(17)2)13-15(3)19(21)22-4/h5,8-9,12-13H,1,6-7,10-11H2,2-4H3/b15-13+. The summed E-state index contributed by atoms with van der Waals surface area (Å²) in [6.07, 6.45) is 4.44. The van der Waals surface area contributed by atoms with Crippen LogP contribution >= 0.6 is 0 Å². The lowest BCUT2D eigenvalue weighted by molar-refractivity contribution is -0.138. The van der Waals surface area contributed by atoms with Crippen molar-refractivity contribution in [3.63, 3.8) is 0 Å². The molecule has 0 aliphatic rings. The molecule has 0 aliphatic carbocycles. The summed E-state index contributed by atoms with van der Waals surface area (Å²) < 4.78 is 15.3. The Balaban J connectivity index is 2.47. The second-order valence-electron chi connectivity index (χ2n) is 5.27. The van der Waals surface area contributed by atoms with Crippen LogP contribution in [0.3, 0.4) is 0 Å². The first-order valence-corrected chi connectivity index (χ1v) is 7.77. The van der Waals surface area contributed by atoms with E-state index < -0.39 is 5.97 Å². The minimum absolute atomic E-state index is 0.342. The van der Waals surface area contributed by atoms with Gasteiger partial charge >= 0.3 is 11.9 Å². The number of benzene rings is 1. The first kappa shape index (κ1) is 19.5. The number of ether oxygens (including phenoxy) is 3. The molecule has 0 heterocycles. The van der Waals surface area contributed by atoms with Crippen molar-refractivity contribution in [2.45, 2.75) is 26.7 Å². The first-order chi connectivity index (χ1) is 11.5. The number of hydrogen-bond donors (Lipinski definition) is 0. The van der Waals surface area contributed by atoms with Crippen LogP contribution in [-0.2, 0) is 19.1 Å². The van der Waals surface area contributed by atoms with Crippen LogP contribution in [0.1, 0.15) is 30.9 Å². The second kappa shape index (κ2) is 10.3. The fourth-order valence-corrected chi connectivity index (χ4v) is 2.01. The van der Waals surface area contributed by atoms with Crippen LogP contribution in [0.2, 0.25) is 0 Å². The number of carbonyl (C=O) groups is 2. The van der Waals surface area contributed by atoms with E-state index in [4.69, 9.17) is 9.47 Å². The molecule has 5 heteroatoms. The Morgan fingerprint density at radius 3 is 2.54 bits per heavy atom. The van der Waals surface area contributed by atoms with E-state index in [1.54, 1.807) is 13.0 Å². The lowest BCUT2D eigenvalue weighted by Crippen LogP contribution is -2.05. The zero-order chi connectivity index (χ0) is 17.9. The van der Waals surface area contributed by atoms with Gasteiger partial charge in [0.1, 0.15) is 5.75 Å². The highest BCUT2D eigenvalue weighted by molar-refractivity contribution is 5.92. The number of hydrogen-bond acceptors (Lipinski definition) is 5. The van der Waals surface area contributed by atoms with Crippen LogP contribution in [0.4, 0.5) is 0 Å². The summed E-state index contributed by atoms with van der Waals surface area (Å²) >= 11 is 0. The van der Waals surface area contributed by atoms with Crippen LogP contribution in [0, 0.1) is 6.92 Å². The molecule has 1 rings (SSSR count). The number of rotatable bonds is 9. The van der Waals surface area contributed by atoms with Crippen molar-refractivity contribution in [1.82, 2.24) is 0 Å². The average molecular weight is 332 g/mol. The Morgan fingerprint density at radius 1 is 1.21 bits per heavy atom. The van der Waals surface area contributed by atoms with E-state index >= 15 is 0 Å². The van der Waals surface area contributed by atoms with Crippen molar-refractivity contribution in [3.05, 3.63) is 47.6 Å². The van der Waals surface area contributed by atoms with Crippen molar-refractivity contribution in [2.24, 2.45) is 0 Å². The summed E-state index contributed by atoms with van der Waals surface area (Å²) in [5.41, 5.74) is 2.44. The highest BCUT2D eigenvalue weighted by Crippen LogP contribution is 2.21. The molecule has 0 radical (unpaired) electrons. The molecule has 0 saturated heterocycles. The average Bonchev–Trinajstić information content (AvgIpc) is 2.58. The maximum absolute atomic E-state index is 11.4. The van der Waals surface area contributed by atoms with Gasteiger partial charge in [-0.15, -0.1) is 0 Å². The van der Waals surface area contributed by atoms with Crippen molar-refractivity contribution in [2.75, 3.05) is 20.3 Å². The molecule has 0 fully saturated rings. The lowest BCUT2D eigenvalue weighted by atomic mass is 10.1. The predicted molar refractivity (Wildman–Crippen MR) is 92.7 cm³/mol. The van der Waals surface area contributed by atoms with Crippen LogP contribution in [0.25, 0.3) is 6.08 Å². The SMILES string of the molecule is C=CC(=O)OCCCCOc1ccc(/C=C(\C)C(=O)OC)cc1C. The molecule has 0 aromatic heterocycles. The zero-order valence-electron chi connectivity index (χ0n) is 14.5. The molecule has 5 nitrogen and oxygen atoms in total. The van der Waals surface area contributed by atoms with Gasteiger partial charge in [-0.25, -0.2) is 9.59 Å². The molecule has 0 spiro atoms. The topological polar surface area (TPSA) is 61.8 Å². The van der Waals surface area contributed by atoms with Gasteiger partial charge in [0, 0.05) is 11.6 Å². The third kappa shape index (κ3) is 6.69. The first-order valence-electron chi connectivity index (χ1n) is 7.77. The summed E-state index contributed by atoms with van der Waals surface area (Å²) in [4.78, 5) is 22.3. The summed E-state index contributed by atoms with van der Waals surface area (Å²) in [6, 6.07) is 5.72. The van der Waals surface area contributed by atoms with Gasteiger partial charge in [-0.1, -0.05) is 12.6 Å². The molecule has 0 atom stereocenters. The minimum atomic E-state index is -0.405. The number of carbonyl (C=O) groups excluding carboxylic acids is 2. The molecule has 1 aromatic carbocycles. The molecule has 0 amide bonds. The summed E-state index contributed by atoms with van der Waals surface area (Å²) in [5, 5.41) is 0. The Labute approximate surface area is 142 Å². The molecular weight excluding hydrogens is 308 g/mol. The summed E-state index contributed by atoms with van der Waals surface area (Å²) in [7, 11) is 1.36. The van der Waals surface area contributed by atoms with Gasteiger partial charge in [0.25, 0.3) is 0 Å². The van der Waals surface area contributed by atoms with Gasteiger partial charge in [-0.3, -0.25) is 0 Å². The Bertz CT molecular complexity index is 616. The molecule has 0 saturated carbocycles. The van der Waals surface area contributed by atoms with Crippen molar-refractivity contribution >= 4 is 18.0 Å². The quantitative estimate of drug-likeness (QED) is 0.394. The fraction of sp³-hybridized carbons (Fsp3) is 0.368. The molecule has 1 aromatic rings. The van der Waals surface area contributed by atoms with E-state index in [1.165, 1.54) is 7.11 Å². The van der Waals surface area contributed by atoms with Crippen LogP contribution < -0.4 is 4.74 Å². The van der Waals surface area contributed by atoms with Gasteiger partial charge in [-0.2, -0.15) is 0 Å². The molecule has 0 aliphatic heterocycles. The van der Waals surface area contributed by atoms with E-state index in [1.807, 2.05) is 25.1 Å². The van der Waals surface area contributed by atoms with E-state index in [9.17, 15) is 9.59 Å². The number of esters is 2. The van der Waals surface area contributed by atoms with Gasteiger partial charge < -0.3 is 14.2 Å². The maximum Gasteiger partial charge on any atom is 0.333 e. The Morgan fingerprint density at radius 2 is 1.92 bits per heavy atom. The van der Waals surface area contributed by atoms with E-state index in [2.05, 4.69) is 11.3 Å². The molecule has 130 valence electrons. The monoisotopic (exact) mass is 332 g/mol. The van der Waals surface area contributed by atoms with Gasteiger partial charge in [0.2, 0.25) is 0 Å². The van der Waals surface area contributed by atoms with Crippen LogP contribution in [0.5, 0.6) is 5.75 Å². The Hall–Kier alpha value is -2.56. The lowest BCUT2D eigenvalue weighted by Gasteiger charge is -2.10. The number of aryl methyl sites for hydroxylation is 1. The van der Waals surface area contributed by atoms with Crippen molar-refractivity contribution in [3.8, 4) is 5.75 Å². The largest absolute Gasteiger partial charge is 0.493 e. The number of methoxy groups -OCH3 is 1. The molecule has 0 unspecified atom stereocenters. The highest BCUT2D eigenvalue weighted by atomic mass is 16.5. The van der Waals surface area contributed by atoms with Gasteiger partial charge in [-0.05, 0) is 56.0 Å². The smallest absolute Gasteiger partial charge is 0.333 e. The van der Waals surface area contributed by atoms with Crippen molar-refractivity contribution < 1.29 is 23.8 Å². The number of unbranched alkanes of at least 4 members (excludes halogenated alkanes) is 1. The molecule has 24 heavy (non-hydrogen) atoms. The van der Waals surface area contributed by atoms with E-state index in [0.29, 0.717) is 18.8 Å².